The van der Waals surface area contributed by atoms with Crippen LogP contribution in [0.2, 0.25) is 0 Å². The maximum absolute atomic E-state index is 12.6. The third-order valence-corrected chi connectivity index (χ3v) is 5.00. The number of hydrogen-bond donors (Lipinski definition) is 1. The number of piperidine rings is 1. The number of benzene rings is 1. The van der Waals surface area contributed by atoms with Gasteiger partial charge in [-0.2, -0.15) is 4.98 Å². The molecule has 1 N–H and O–H groups in total. The highest BCUT2D eigenvalue weighted by Gasteiger charge is 2.28. The fraction of sp³-hybridized carbons (Fsp3) is 0.333. The van der Waals surface area contributed by atoms with E-state index >= 15 is 0 Å². The topological polar surface area (TPSA) is 93.4 Å². The minimum absolute atomic E-state index is 0.0234. The second-order valence-corrected chi connectivity index (χ2v) is 6.95. The van der Waals surface area contributed by atoms with Gasteiger partial charge in [-0.25, -0.2) is 0 Å². The van der Waals surface area contributed by atoms with E-state index < -0.39 is 0 Å². The second-order valence-electron chi connectivity index (χ2n) is 6.95. The molecule has 1 aliphatic rings. The van der Waals surface area contributed by atoms with E-state index in [2.05, 4.69) is 20.4 Å². The number of methoxy groups -OCH3 is 1. The zero-order valence-electron chi connectivity index (χ0n) is 16.2. The van der Waals surface area contributed by atoms with Crippen LogP contribution in [-0.4, -0.2) is 41.2 Å². The number of ether oxygens (including phenoxy) is 1. The van der Waals surface area contributed by atoms with Crippen molar-refractivity contribution in [1.82, 2.24) is 20.4 Å². The summed E-state index contributed by atoms with van der Waals surface area (Å²) >= 11 is 0. The predicted octanol–water partition coefficient (Wildman–Crippen LogP) is 2.67. The van der Waals surface area contributed by atoms with Gasteiger partial charge in [-0.05, 0) is 49.2 Å². The molecule has 1 aliphatic heterocycles. The largest absolute Gasteiger partial charge is 0.497 e. The Labute approximate surface area is 168 Å². The molecule has 150 valence electrons. The lowest BCUT2D eigenvalue weighted by Crippen LogP contribution is -2.43. The number of pyridine rings is 1. The molecule has 8 nitrogen and oxygen atoms in total. The Bertz CT molecular complexity index is 942. The van der Waals surface area contributed by atoms with Crippen molar-refractivity contribution in [2.45, 2.75) is 19.4 Å². The molecule has 2 aromatic heterocycles. The lowest BCUT2D eigenvalue weighted by molar-refractivity contribution is -0.125. The SMILES string of the molecule is COc1ccc(-c2noc(N3CCC[C@H](C(=O)NCc4ccccn4)C3)n2)cc1. The van der Waals surface area contributed by atoms with E-state index in [0.29, 0.717) is 24.9 Å². The van der Waals surface area contributed by atoms with Crippen LogP contribution in [0.5, 0.6) is 5.75 Å². The van der Waals surface area contributed by atoms with Gasteiger partial charge in [0.05, 0.1) is 25.3 Å². The van der Waals surface area contributed by atoms with Crippen LogP contribution in [0.3, 0.4) is 0 Å². The van der Waals surface area contributed by atoms with Crippen molar-refractivity contribution in [1.29, 1.82) is 0 Å². The van der Waals surface area contributed by atoms with Crippen molar-refractivity contribution in [3.63, 3.8) is 0 Å². The van der Waals surface area contributed by atoms with Gasteiger partial charge in [0.1, 0.15) is 5.75 Å². The Morgan fingerprint density at radius 2 is 2.14 bits per heavy atom. The van der Waals surface area contributed by atoms with Crippen LogP contribution in [0, 0.1) is 5.92 Å². The Kier molecular flexibility index (Phi) is 5.69. The van der Waals surface area contributed by atoms with Crippen LogP contribution >= 0.6 is 0 Å². The number of nitrogens with zero attached hydrogens (tertiary/aromatic N) is 4. The molecule has 1 fully saturated rings. The summed E-state index contributed by atoms with van der Waals surface area (Å²) < 4.78 is 10.6. The summed E-state index contributed by atoms with van der Waals surface area (Å²) in [4.78, 5) is 23.3. The van der Waals surface area contributed by atoms with Gasteiger partial charge in [-0.1, -0.05) is 11.2 Å². The quantitative estimate of drug-likeness (QED) is 0.688. The molecule has 0 bridgehead atoms. The number of hydrogen-bond acceptors (Lipinski definition) is 7. The minimum atomic E-state index is -0.121. The first-order chi connectivity index (χ1) is 14.2. The Hall–Kier alpha value is -3.42. The molecule has 0 aliphatic carbocycles. The summed E-state index contributed by atoms with van der Waals surface area (Å²) in [6, 6.07) is 13.6. The van der Waals surface area contributed by atoms with Gasteiger partial charge in [-0.15, -0.1) is 0 Å². The third kappa shape index (κ3) is 4.53. The Morgan fingerprint density at radius 1 is 1.28 bits per heavy atom. The standard InChI is InChI=1S/C21H23N5O3/c1-28-18-9-7-15(8-10-18)19-24-21(29-25-19)26-12-4-5-16(14-26)20(27)23-13-17-6-2-3-11-22-17/h2-3,6-11,16H,4-5,12-14H2,1H3,(H,23,27)/t16-/m0/s1. The first-order valence-electron chi connectivity index (χ1n) is 9.63. The minimum Gasteiger partial charge on any atom is -0.497 e. The number of amides is 1. The maximum Gasteiger partial charge on any atom is 0.324 e. The van der Waals surface area contributed by atoms with Crippen LogP contribution in [0.25, 0.3) is 11.4 Å². The van der Waals surface area contributed by atoms with Crippen LogP contribution in [-0.2, 0) is 11.3 Å². The van der Waals surface area contributed by atoms with Crippen molar-refractivity contribution < 1.29 is 14.1 Å². The average Bonchev–Trinajstić information content (AvgIpc) is 3.29. The summed E-state index contributed by atoms with van der Waals surface area (Å²) in [6.07, 6.45) is 3.45. The summed E-state index contributed by atoms with van der Waals surface area (Å²) in [6.45, 7) is 1.77. The van der Waals surface area contributed by atoms with Gasteiger partial charge in [-0.3, -0.25) is 9.78 Å². The normalized spacial score (nSPS) is 16.4. The van der Waals surface area contributed by atoms with Gasteiger partial charge >= 0.3 is 6.01 Å². The molecule has 4 rings (SSSR count). The number of nitrogens with one attached hydrogen (secondary N) is 1. The van der Waals surface area contributed by atoms with Gasteiger partial charge in [0.25, 0.3) is 0 Å². The van der Waals surface area contributed by atoms with Crippen molar-refractivity contribution in [2.24, 2.45) is 5.92 Å². The molecule has 1 atom stereocenters. The van der Waals surface area contributed by atoms with E-state index in [-0.39, 0.29) is 11.8 Å². The van der Waals surface area contributed by atoms with Crippen molar-refractivity contribution in [3.8, 4) is 17.1 Å². The smallest absolute Gasteiger partial charge is 0.324 e. The highest BCUT2D eigenvalue weighted by Crippen LogP contribution is 2.25. The fourth-order valence-corrected chi connectivity index (χ4v) is 3.39. The second kappa shape index (κ2) is 8.72. The fourth-order valence-electron chi connectivity index (χ4n) is 3.39. The molecule has 1 amide bonds. The summed E-state index contributed by atoms with van der Waals surface area (Å²) in [5.41, 5.74) is 1.69. The number of anilines is 1. The van der Waals surface area contributed by atoms with E-state index in [1.54, 1.807) is 13.3 Å². The molecule has 3 aromatic rings. The maximum atomic E-state index is 12.6. The molecule has 1 saturated heterocycles. The van der Waals surface area contributed by atoms with Gasteiger partial charge < -0.3 is 19.5 Å². The van der Waals surface area contributed by atoms with E-state index in [9.17, 15) is 4.79 Å². The van der Waals surface area contributed by atoms with E-state index in [1.165, 1.54) is 0 Å². The van der Waals surface area contributed by atoms with E-state index in [1.807, 2.05) is 47.4 Å². The van der Waals surface area contributed by atoms with Crippen LogP contribution in [0.15, 0.2) is 53.2 Å². The summed E-state index contributed by atoms with van der Waals surface area (Å²) in [5.74, 6) is 1.19. The van der Waals surface area contributed by atoms with Gasteiger partial charge in [0.15, 0.2) is 0 Å². The highest BCUT2D eigenvalue weighted by molar-refractivity contribution is 5.79. The van der Waals surface area contributed by atoms with E-state index in [4.69, 9.17) is 9.26 Å². The van der Waals surface area contributed by atoms with Crippen LogP contribution in [0.1, 0.15) is 18.5 Å². The Morgan fingerprint density at radius 3 is 2.90 bits per heavy atom. The molecule has 29 heavy (non-hydrogen) atoms. The molecule has 0 spiro atoms. The third-order valence-electron chi connectivity index (χ3n) is 5.00. The molecular formula is C21H23N5O3. The molecular weight excluding hydrogens is 370 g/mol. The monoisotopic (exact) mass is 393 g/mol. The van der Waals surface area contributed by atoms with Gasteiger partial charge in [0.2, 0.25) is 11.7 Å². The lowest BCUT2D eigenvalue weighted by Gasteiger charge is -2.30. The van der Waals surface area contributed by atoms with Gasteiger partial charge in [0, 0.05) is 24.8 Å². The zero-order chi connectivity index (χ0) is 20.1. The molecule has 0 saturated carbocycles. The molecule has 8 heteroatoms. The number of carbonyl (C=O) groups excluding carboxylic acids is 1. The number of aromatic nitrogens is 3. The van der Waals surface area contributed by atoms with Crippen molar-refractivity contribution >= 4 is 11.9 Å². The average molecular weight is 393 g/mol. The van der Waals surface area contributed by atoms with Crippen molar-refractivity contribution in [3.05, 3.63) is 54.4 Å². The molecule has 0 unspecified atom stereocenters. The highest BCUT2D eigenvalue weighted by atomic mass is 16.5. The predicted molar refractivity (Wildman–Crippen MR) is 107 cm³/mol. The zero-order valence-corrected chi connectivity index (χ0v) is 16.2. The Balaban J connectivity index is 1.38. The molecule has 0 radical (unpaired) electrons. The van der Waals surface area contributed by atoms with Crippen molar-refractivity contribution in [2.75, 3.05) is 25.1 Å². The molecule has 1 aromatic carbocycles. The summed E-state index contributed by atoms with van der Waals surface area (Å²) in [5, 5.41) is 7.06. The first-order valence-corrected chi connectivity index (χ1v) is 9.63. The van der Waals surface area contributed by atoms with Crippen LogP contribution < -0.4 is 15.0 Å². The summed E-state index contributed by atoms with van der Waals surface area (Å²) in [7, 11) is 1.63. The first kappa shape index (κ1) is 18.9. The number of rotatable bonds is 6. The lowest BCUT2D eigenvalue weighted by atomic mass is 9.97. The number of carbonyl (C=O) groups is 1. The molecule has 3 heterocycles. The van der Waals surface area contributed by atoms with E-state index in [0.717, 1.165) is 36.4 Å². The van der Waals surface area contributed by atoms with Crippen LogP contribution in [0.4, 0.5) is 6.01 Å².